The number of Topliss-reactive ketones (excluding diaryl/α,β-unsaturated/α-hetero) is 1. The van der Waals surface area contributed by atoms with Gasteiger partial charge in [0, 0.05) is 12.0 Å². The zero-order chi connectivity index (χ0) is 9.84. The minimum atomic E-state index is 0.0727. The Morgan fingerprint density at radius 2 is 2.00 bits per heavy atom. The second-order valence-corrected chi connectivity index (χ2v) is 3.16. The summed E-state index contributed by atoms with van der Waals surface area (Å²) in [5.74, 6) is 0.351. The van der Waals surface area contributed by atoms with Crippen LogP contribution in [-0.2, 0) is 17.6 Å². The Morgan fingerprint density at radius 1 is 1.38 bits per heavy atom. The molecular formula is C11H14O2. The van der Waals surface area contributed by atoms with Crippen molar-refractivity contribution in [1.82, 2.24) is 0 Å². The molecule has 2 nitrogen and oxygen atoms in total. The fourth-order valence-electron chi connectivity index (χ4n) is 1.34. The van der Waals surface area contributed by atoms with Crippen LogP contribution in [-0.4, -0.2) is 10.9 Å². The van der Waals surface area contributed by atoms with Crippen molar-refractivity contribution in [2.75, 3.05) is 0 Å². The Balaban J connectivity index is 3.01. The molecule has 0 saturated carbocycles. The number of rotatable bonds is 3. The topological polar surface area (TPSA) is 37.3 Å². The molecule has 0 bridgehead atoms. The van der Waals surface area contributed by atoms with Gasteiger partial charge in [-0.2, -0.15) is 0 Å². The summed E-state index contributed by atoms with van der Waals surface area (Å²) in [5, 5.41) is 9.69. The number of hydrogen-bond acceptors (Lipinski definition) is 2. The van der Waals surface area contributed by atoms with Crippen LogP contribution in [0, 0.1) is 0 Å². The molecule has 1 aromatic rings. The molecule has 0 amide bonds. The molecule has 13 heavy (non-hydrogen) atoms. The normalized spacial score (nSPS) is 10.0. The lowest BCUT2D eigenvalue weighted by atomic mass is 10.0. The zero-order valence-electron chi connectivity index (χ0n) is 8.00. The molecule has 1 N–H and O–H groups in total. The highest BCUT2D eigenvalue weighted by atomic mass is 16.3. The van der Waals surface area contributed by atoms with Crippen LogP contribution in [0.3, 0.4) is 0 Å². The molecule has 0 heterocycles. The van der Waals surface area contributed by atoms with E-state index in [4.69, 9.17) is 0 Å². The van der Waals surface area contributed by atoms with Crippen molar-refractivity contribution in [1.29, 1.82) is 0 Å². The first-order chi connectivity index (χ1) is 6.15. The number of phenols is 1. The van der Waals surface area contributed by atoms with Crippen molar-refractivity contribution < 1.29 is 9.90 Å². The number of para-hydroxylation sites is 1. The summed E-state index contributed by atoms with van der Waals surface area (Å²) in [6, 6.07) is 5.53. The fourth-order valence-corrected chi connectivity index (χ4v) is 1.34. The SMILES string of the molecule is CCc1cccc(CC(C)=O)c1O. The number of phenolic OH excluding ortho intramolecular Hbond substituents is 1. The Morgan fingerprint density at radius 3 is 2.54 bits per heavy atom. The van der Waals surface area contributed by atoms with E-state index in [1.807, 2.05) is 19.1 Å². The van der Waals surface area contributed by atoms with Gasteiger partial charge in [-0.3, -0.25) is 4.79 Å². The first-order valence-electron chi connectivity index (χ1n) is 4.44. The molecule has 0 saturated heterocycles. The molecule has 0 unspecified atom stereocenters. The van der Waals surface area contributed by atoms with Crippen LogP contribution in [0.25, 0.3) is 0 Å². The van der Waals surface area contributed by atoms with Crippen LogP contribution in [0.15, 0.2) is 18.2 Å². The molecule has 0 spiro atoms. The second-order valence-electron chi connectivity index (χ2n) is 3.16. The van der Waals surface area contributed by atoms with E-state index < -0.39 is 0 Å². The zero-order valence-corrected chi connectivity index (χ0v) is 8.00. The lowest BCUT2D eigenvalue weighted by Gasteiger charge is -2.06. The van der Waals surface area contributed by atoms with Crippen LogP contribution in [0.5, 0.6) is 5.75 Å². The summed E-state index contributed by atoms with van der Waals surface area (Å²) in [5.41, 5.74) is 1.63. The maximum absolute atomic E-state index is 10.9. The van der Waals surface area contributed by atoms with E-state index >= 15 is 0 Å². The molecule has 0 aliphatic rings. The highest BCUT2D eigenvalue weighted by Gasteiger charge is 2.06. The molecular weight excluding hydrogens is 164 g/mol. The van der Waals surface area contributed by atoms with Gasteiger partial charge in [0.05, 0.1) is 0 Å². The number of hydrogen-bond donors (Lipinski definition) is 1. The second kappa shape index (κ2) is 4.08. The summed E-state index contributed by atoms with van der Waals surface area (Å²) in [6.07, 6.45) is 1.11. The molecule has 2 heteroatoms. The monoisotopic (exact) mass is 178 g/mol. The fraction of sp³-hybridized carbons (Fsp3) is 0.364. The Kier molecular flexibility index (Phi) is 3.07. The van der Waals surface area contributed by atoms with Gasteiger partial charge in [-0.05, 0) is 18.9 Å². The van der Waals surface area contributed by atoms with E-state index in [0.29, 0.717) is 6.42 Å². The van der Waals surface area contributed by atoms with Gasteiger partial charge in [0.1, 0.15) is 11.5 Å². The lowest BCUT2D eigenvalue weighted by Crippen LogP contribution is -1.97. The van der Waals surface area contributed by atoms with Crippen molar-refractivity contribution in [3.63, 3.8) is 0 Å². The van der Waals surface area contributed by atoms with Gasteiger partial charge < -0.3 is 5.11 Å². The number of benzene rings is 1. The quantitative estimate of drug-likeness (QED) is 0.769. The predicted molar refractivity (Wildman–Crippen MR) is 51.9 cm³/mol. The Bertz CT molecular complexity index is 316. The van der Waals surface area contributed by atoms with Gasteiger partial charge in [0.25, 0.3) is 0 Å². The smallest absolute Gasteiger partial charge is 0.134 e. The van der Waals surface area contributed by atoms with Crippen LogP contribution >= 0.6 is 0 Å². The highest BCUT2D eigenvalue weighted by Crippen LogP contribution is 2.23. The van der Waals surface area contributed by atoms with E-state index in [1.165, 1.54) is 6.92 Å². The third-order valence-electron chi connectivity index (χ3n) is 2.02. The minimum Gasteiger partial charge on any atom is -0.507 e. The van der Waals surface area contributed by atoms with Crippen molar-refractivity contribution in [3.05, 3.63) is 29.3 Å². The van der Waals surface area contributed by atoms with E-state index in [1.54, 1.807) is 6.07 Å². The van der Waals surface area contributed by atoms with Crippen molar-refractivity contribution in [3.8, 4) is 5.75 Å². The van der Waals surface area contributed by atoms with Gasteiger partial charge in [-0.1, -0.05) is 25.1 Å². The summed E-state index contributed by atoms with van der Waals surface area (Å²) in [4.78, 5) is 10.9. The standard InChI is InChI=1S/C11H14O2/c1-3-9-5-4-6-10(11(9)13)7-8(2)12/h4-6,13H,3,7H2,1-2H3. The first-order valence-corrected chi connectivity index (χ1v) is 4.44. The van der Waals surface area contributed by atoms with Crippen LogP contribution < -0.4 is 0 Å². The third kappa shape index (κ3) is 2.31. The highest BCUT2D eigenvalue weighted by molar-refractivity contribution is 5.79. The van der Waals surface area contributed by atoms with Gasteiger partial charge in [0.15, 0.2) is 0 Å². The van der Waals surface area contributed by atoms with Crippen LogP contribution in [0.4, 0.5) is 0 Å². The van der Waals surface area contributed by atoms with E-state index in [9.17, 15) is 9.90 Å². The number of aryl methyl sites for hydroxylation is 1. The van der Waals surface area contributed by atoms with Crippen molar-refractivity contribution >= 4 is 5.78 Å². The van der Waals surface area contributed by atoms with E-state index in [0.717, 1.165) is 17.5 Å². The molecule has 0 aromatic heterocycles. The molecule has 0 fully saturated rings. The van der Waals surface area contributed by atoms with Crippen LogP contribution in [0.1, 0.15) is 25.0 Å². The van der Waals surface area contributed by atoms with Gasteiger partial charge in [-0.15, -0.1) is 0 Å². The molecule has 0 aliphatic carbocycles. The van der Waals surface area contributed by atoms with Crippen molar-refractivity contribution in [2.24, 2.45) is 0 Å². The Labute approximate surface area is 78.2 Å². The predicted octanol–water partition coefficient (Wildman–Crippen LogP) is 2.09. The number of ketones is 1. The minimum absolute atomic E-state index is 0.0727. The van der Waals surface area contributed by atoms with E-state index in [-0.39, 0.29) is 11.5 Å². The number of carbonyl (C=O) groups is 1. The molecule has 70 valence electrons. The molecule has 0 aliphatic heterocycles. The van der Waals surface area contributed by atoms with E-state index in [2.05, 4.69) is 0 Å². The van der Waals surface area contributed by atoms with Crippen LogP contribution in [0.2, 0.25) is 0 Å². The first kappa shape index (κ1) is 9.78. The average Bonchev–Trinajstić information content (AvgIpc) is 2.08. The Hall–Kier alpha value is -1.31. The summed E-state index contributed by atoms with van der Waals surface area (Å²) in [6.45, 7) is 3.50. The molecule has 1 rings (SSSR count). The maximum Gasteiger partial charge on any atom is 0.134 e. The largest absolute Gasteiger partial charge is 0.507 e. The third-order valence-corrected chi connectivity index (χ3v) is 2.02. The van der Waals surface area contributed by atoms with Gasteiger partial charge in [0.2, 0.25) is 0 Å². The maximum atomic E-state index is 10.9. The lowest BCUT2D eigenvalue weighted by molar-refractivity contribution is -0.116. The summed E-state index contributed by atoms with van der Waals surface area (Å²) < 4.78 is 0. The molecule has 0 atom stereocenters. The van der Waals surface area contributed by atoms with Gasteiger partial charge in [-0.25, -0.2) is 0 Å². The molecule has 0 radical (unpaired) electrons. The number of aromatic hydroxyl groups is 1. The van der Waals surface area contributed by atoms with Crippen molar-refractivity contribution in [2.45, 2.75) is 26.7 Å². The average molecular weight is 178 g/mol. The van der Waals surface area contributed by atoms with Gasteiger partial charge >= 0.3 is 0 Å². The summed E-state index contributed by atoms with van der Waals surface area (Å²) in [7, 11) is 0. The molecule has 1 aromatic carbocycles. The summed E-state index contributed by atoms with van der Waals surface area (Å²) >= 11 is 0. The number of carbonyl (C=O) groups excluding carboxylic acids is 1.